The number of carbonyl (C=O) groups excluding carboxylic acids is 1. The molecule has 140 valence electrons. The lowest BCUT2D eigenvalue weighted by Crippen LogP contribution is -2.31. The Balaban J connectivity index is 1.75. The molecule has 1 aliphatic rings. The van der Waals surface area contributed by atoms with E-state index < -0.39 is 21.3 Å². The second-order valence-electron chi connectivity index (χ2n) is 6.69. The molecule has 0 atom stereocenters. The number of thiazole rings is 1. The lowest BCUT2D eigenvalue weighted by atomic mass is 9.83. The molecule has 0 unspecified atom stereocenters. The maximum absolute atomic E-state index is 13.9. The number of sulfonamides is 1. The van der Waals surface area contributed by atoms with Gasteiger partial charge in [-0.1, -0.05) is 0 Å². The quantitative estimate of drug-likeness (QED) is 0.681. The predicted octanol–water partition coefficient (Wildman–Crippen LogP) is 3.43. The molecule has 1 N–H and O–H groups in total. The predicted molar refractivity (Wildman–Crippen MR) is 101 cm³/mol. The highest BCUT2D eigenvalue weighted by molar-refractivity contribution is 9.10. The van der Waals surface area contributed by atoms with Gasteiger partial charge in [-0.15, -0.1) is 11.3 Å². The minimum Gasteiger partial charge on any atom is -0.298 e. The Morgan fingerprint density at radius 2 is 2.15 bits per heavy atom. The molecule has 3 rings (SSSR count). The Morgan fingerprint density at radius 3 is 2.77 bits per heavy atom. The van der Waals surface area contributed by atoms with E-state index in [9.17, 15) is 17.6 Å². The van der Waals surface area contributed by atoms with E-state index >= 15 is 0 Å². The Labute approximate surface area is 163 Å². The van der Waals surface area contributed by atoms with E-state index in [2.05, 4.69) is 30.6 Å². The number of pyridine rings is 1. The van der Waals surface area contributed by atoms with Crippen LogP contribution in [-0.4, -0.2) is 29.4 Å². The fourth-order valence-corrected chi connectivity index (χ4v) is 5.06. The molecule has 26 heavy (non-hydrogen) atoms. The molecule has 0 radical (unpaired) electrons. The van der Waals surface area contributed by atoms with E-state index in [4.69, 9.17) is 0 Å². The molecule has 0 aromatic carbocycles. The summed E-state index contributed by atoms with van der Waals surface area (Å²) in [4.78, 5) is 20.9. The molecule has 2 aromatic heterocycles. The Kier molecular flexibility index (Phi) is 5.19. The standard InChI is InChI=1S/C16H17BrFN3O3S2/c1-16(2,14(22)6-12-11(18)5-9(17)7-19-12)13-8-25-15(20-13)21-26(23,24)10-3-4-10/h5,7-8,10H,3-4,6H2,1-2H3,(H,20,21). The van der Waals surface area contributed by atoms with Crippen molar-refractivity contribution in [2.24, 2.45) is 0 Å². The van der Waals surface area contributed by atoms with Gasteiger partial charge in [-0.25, -0.2) is 17.8 Å². The van der Waals surface area contributed by atoms with Gasteiger partial charge >= 0.3 is 0 Å². The number of hydrogen-bond acceptors (Lipinski definition) is 6. The number of Topliss-reactive ketones (excluding diaryl/α,β-unsaturated/α-hetero) is 1. The molecule has 0 amide bonds. The van der Waals surface area contributed by atoms with E-state index in [1.165, 1.54) is 12.3 Å². The van der Waals surface area contributed by atoms with Gasteiger partial charge in [-0.2, -0.15) is 0 Å². The monoisotopic (exact) mass is 461 g/mol. The van der Waals surface area contributed by atoms with Gasteiger partial charge in [0.25, 0.3) is 0 Å². The van der Waals surface area contributed by atoms with Crippen LogP contribution in [0.4, 0.5) is 9.52 Å². The van der Waals surface area contributed by atoms with Gasteiger partial charge in [0.15, 0.2) is 5.13 Å². The summed E-state index contributed by atoms with van der Waals surface area (Å²) in [5.41, 5.74) is -0.490. The van der Waals surface area contributed by atoms with Crippen molar-refractivity contribution in [3.8, 4) is 0 Å². The summed E-state index contributed by atoms with van der Waals surface area (Å²) >= 11 is 4.26. The number of hydrogen-bond donors (Lipinski definition) is 1. The topological polar surface area (TPSA) is 89.0 Å². The first-order valence-corrected chi connectivity index (χ1v) is 11.1. The van der Waals surface area contributed by atoms with Gasteiger partial charge in [0, 0.05) is 16.0 Å². The molecular weight excluding hydrogens is 445 g/mol. The molecule has 0 saturated heterocycles. The smallest absolute Gasteiger partial charge is 0.237 e. The minimum atomic E-state index is -3.40. The van der Waals surface area contributed by atoms with E-state index in [-0.39, 0.29) is 28.3 Å². The highest BCUT2D eigenvalue weighted by Crippen LogP contribution is 2.33. The van der Waals surface area contributed by atoms with Gasteiger partial charge in [-0.05, 0) is 48.7 Å². The molecule has 1 fully saturated rings. The Hall–Kier alpha value is -1.39. The third-order valence-corrected chi connectivity index (χ3v) is 7.39. The normalized spacial score (nSPS) is 15.1. The number of anilines is 1. The Bertz CT molecular complexity index is 955. The van der Waals surface area contributed by atoms with Crippen LogP contribution >= 0.6 is 27.3 Å². The van der Waals surface area contributed by atoms with Crippen molar-refractivity contribution < 1.29 is 17.6 Å². The van der Waals surface area contributed by atoms with Gasteiger partial charge in [0.05, 0.1) is 28.5 Å². The fourth-order valence-electron chi connectivity index (χ4n) is 2.28. The Morgan fingerprint density at radius 1 is 1.46 bits per heavy atom. The number of nitrogens with zero attached hydrogens (tertiary/aromatic N) is 2. The van der Waals surface area contributed by atoms with Crippen LogP contribution in [0.25, 0.3) is 0 Å². The minimum absolute atomic E-state index is 0.0659. The molecule has 1 aliphatic carbocycles. The van der Waals surface area contributed by atoms with Crippen LogP contribution in [0.2, 0.25) is 0 Å². The number of aromatic nitrogens is 2. The van der Waals surface area contributed by atoms with Gasteiger partial charge < -0.3 is 0 Å². The first-order valence-electron chi connectivity index (χ1n) is 7.90. The highest BCUT2D eigenvalue weighted by atomic mass is 79.9. The summed E-state index contributed by atoms with van der Waals surface area (Å²) in [6.07, 6.45) is 2.58. The average molecular weight is 462 g/mol. The van der Waals surface area contributed by atoms with E-state index in [1.54, 1.807) is 19.2 Å². The number of nitrogens with one attached hydrogen (secondary N) is 1. The van der Waals surface area contributed by atoms with Gasteiger partial charge in [-0.3, -0.25) is 14.5 Å². The summed E-state index contributed by atoms with van der Waals surface area (Å²) in [5.74, 6) is -0.812. The summed E-state index contributed by atoms with van der Waals surface area (Å²) in [5, 5.41) is 1.53. The van der Waals surface area contributed by atoms with Crippen molar-refractivity contribution >= 4 is 48.2 Å². The van der Waals surface area contributed by atoms with Crippen molar-refractivity contribution in [3.63, 3.8) is 0 Å². The average Bonchev–Trinajstić information content (AvgIpc) is 3.31. The summed E-state index contributed by atoms with van der Waals surface area (Å²) in [6.45, 7) is 3.36. The molecule has 2 aromatic rings. The first-order chi connectivity index (χ1) is 12.1. The lowest BCUT2D eigenvalue weighted by molar-refractivity contribution is -0.123. The second-order valence-corrected chi connectivity index (χ2v) is 10.4. The fraction of sp³-hybridized carbons (Fsp3) is 0.438. The van der Waals surface area contributed by atoms with Crippen LogP contribution < -0.4 is 4.72 Å². The van der Waals surface area contributed by atoms with Crippen LogP contribution in [0.5, 0.6) is 0 Å². The van der Waals surface area contributed by atoms with E-state index in [0.29, 0.717) is 23.0 Å². The molecule has 2 heterocycles. The molecular formula is C16H17BrFN3O3S2. The van der Waals surface area contributed by atoms with Gasteiger partial charge in [0.1, 0.15) is 11.6 Å². The van der Waals surface area contributed by atoms with Crippen molar-refractivity contribution in [1.29, 1.82) is 0 Å². The van der Waals surface area contributed by atoms with Crippen molar-refractivity contribution in [3.05, 3.63) is 39.3 Å². The highest BCUT2D eigenvalue weighted by Gasteiger charge is 2.37. The van der Waals surface area contributed by atoms with E-state index in [0.717, 1.165) is 11.3 Å². The molecule has 0 spiro atoms. The summed E-state index contributed by atoms with van der Waals surface area (Å²) in [7, 11) is -3.40. The second kappa shape index (κ2) is 6.97. The SMILES string of the molecule is CC(C)(C(=O)Cc1ncc(Br)cc1F)c1csc(NS(=O)(=O)C2CC2)n1. The number of carbonyl (C=O) groups is 1. The maximum atomic E-state index is 13.9. The lowest BCUT2D eigenvalue weighted by Gasteiger charge is -2.20. The largest absolute Gasteiger partial charge is 0.298 e. The number of halogens is 2. The summed E-state index contributed by atoms with van der Waals surface area (Å²) in [6, 6.07) is 1.26. The first kappa shape index (κ1) is 19.4. The number of rotatable bonds is 7. The van der Waals surface area contributed by atoms with Crippen LogP contribution in [0, 0.1) is 5.82 Å². The molecule has 0 aliphatic heterocycles. The van der Waals surface area contributed by atoms with Crippen LogP contribution in [0.15, 0.2) is 22.1 Å². The van der Waals surface area contributed by atoms with Gasteiger partial charge in [0.2, 0.25) is 10.0 Å². The third-order valence-electron chi connectivity index (χ3n) is 4.25. The van der Waals surface area contributed by atoms with Crippen LogP contribution in [0.3, 0.4) is 0 Å². The van der Waals surface area contributed by atoms with Crippen LogP contribution in [0.1, 0.15) is 38.1 Å². The molecule has 1 saturated carbocycles. The summed E-state index contributed by atoms with van der Waals surface area (Å²) < 4.78 is 40.9. The maximum Gasteiger partial charge on any atom is 0.237 e. The zero-order valence-electron chi connectivity index (χ0n) is 14.1. The molecule has 6 nitrogen and oxygen atoms in total. The zero-order chi connectivity index (χ0) is 19.1. The van der Waals surface area contributed by atoms with E-state index in [1.807, 2.05) is 0 Å². The molecule has 0 bridgehead atoms. The van der Waals surface area contributed by atoms with Crippen molar-refractivity contribution in [2.45, 2.75) is 43.8 Å². The number of ketones is 1. The molecule has 10 heteroatoms. The third kappa shape index (κ3) is 4.12. The zero-order valence-corrected chi connectivity index (χ0v) is 17.3. The van der Waals surface area contributed by atoms with Crippen molar-refractivity contribution in [2.75, 3.05) is 4.72 Å². The van der Waals surface area contributed by atoms with Crippen LogP contribution in [-0.2, 0) is 26.7 Å². The van der Waals surface area contributed by atoms with Crippen molar-refractivity contribution in [1.82, 2.24) is 9.97 Å².